The zero-order chi connectivity index (χ0) is 19.3. The molecule has 0 fully saturated rings. The number of fused-ring (bicyclic) bond motifs is 1. The second kappa shape index (κ2) is 8.59. The number of hydrogen-bond acceptors (Lipinski definition) is 2. The van der Waals surface area contributed by atoms with Gasteiger partial charge in [-0.05, 0) is 52.6 Å². The molecule has 3 nitrogen and oxygen atoms in total. The molecule has 142 valence electrons. The van der Waals surface area contributed by atoms with E-state index in [9.17, 15) is 4.79 Å². The Morgan fingerprint density at radius 2 is 1.79 bits per heavy atom. The molecule has 3 aromatic carbocycles. The lowest BCUT2D eigenvalue weighted by atomic mass is 9.99. The van der Waals surface area contributed by atoms with Crippen LogP contribution in [0, 0.1) is 0 Å². The normalized spacial score (nSPS) is 14.7. The quantitative estimate of drug-likeness (QED) is 0.664. The average Bonchev–Trinajstić information content (AvgIpc) is 2.74. The smallest absolute Gasteiger partial charge is 0.251 e. The van der Waals surface area contributed by atoms with E-state index in [1.54, 1.807) is 0 Å². The molecule has 0 saturated heterocycles. The predicted molar refractivity (Wildman–Crippen MR) is 117 cm³/mol. The van der Waals surface area contributed by atoms with Crippen LogP contribution in [0.3, 0.4) is 0 Å². The van der Waals surface area contributed by atoms with Gasteiger partial charge in [-0.2, -0.15) is 0 Å². The molecule has 0 saturated carbocycles. The van der Waals surface area contributed by atoms with E-state index >= 15 is 0 Å². The van der Waals surface area contributed by atoms with Crippen LogP contribution in [0.4, 0.5) is 0 Å². The van der Waals surface area contributed by atoms with Gasteiger partial charge in [0, 0.05) is 36.8 Å². The topological polar surface area (TPSA) is 32.3 Å². The molecule has 4 rings (SSSR count). The maximum absolute atomic E-state index is 12.4. The fourth-order valence-corrected chi connectivity index (χ4v) is 3.73. The summed E-state index contributed by atoms with van der Waals surface area (Å²) in [5.41, 5.74) is 3.32. The molecule has 0 aliphatic carbocycles. The van der Waals surface area contributed by atoms with Gasteiger partial charge in [0.05, 0.1) is 0 Å². The highest BCUT2D eigenvalue weighted by molar-refractivity contribution is 6.30. The van der Waals surface area contributed by atoms with Gasteiger partial charge in [-0.1, -0.05) is 60.1 Å². The summed E-state index contributed by atoms with van der Waals surface area (Å²) in [6.45, 7) is 3.41. The van der Waals surface area contributed by atoms with E-state index in [-0.39, 0.29) is 5.91 Å². The van der Waals surface area contributed by atoms with Crippen LogP contribution in [0.25, 0.3) is 16.3 Å². The maximum atomic E-state index is 12.4. The van der Waals surface area contributed by atoms with Gasteiger partial charge in [0.2, 0.25) is 0 Å². The Morgan fingerprint density at radius 3 is 2.54 bits per heavy atom. The average molecular weight is 391 g/mol. The van der Waals surface area contributed by atoms with E-state index in [2.05, 4.69) is 34.5 Å². The fourth-order valence-electron chi connectivity index (χ4n) is 3.60. The number of benzene rings is 3. The summed E-state index contributed by atoms with van der Waals surface area (Å²) in [6.07, 6.45) is 3.29. The van der Waals surface area contributed by atoms with Crippen LogP contribution < -0.4 is 5.32 Å². The molecular formula is C24H23ClN2O. The Hall–Kier alpha value is -2.62. The molecule has 1 aliphatic rings. The van der Waals surface area contributed by atoms with Crippen molar-refractivity contribution >= 4 is 33.9 Å². The second-order valence-electron chi connectivity index (χ2n) is 7.10. The van der Waals surface area contributed by atoms with Crippen molar-refractivity contribution in [1.82, 2.24) is 10.2 Å². The molecule has 1 amide bonds. The SMILES string of the molecule is O=C(NCCN1CC=C(c2ccc(Cl)cc2)CC1)c1ccc2ccccc2c1. The first kappa shape index (κ1) is 18.7. The molecule has 1 N–H and O–H groups in total. The Balaban J connectivity index is 1.28. The van der Waals surface area contributed by atoms with E-state index in [0.29, 0.717) is 12.1 Å². The highest BCUT2D eigenvalue weighted by Gasteiger charge is 2.13. The summed E-state index contributed by atoms with van der Waals surface area (Å²) in [4.78, 5) is 14.8. The molecule has 4 heteroatoms. The zero-order valence-electron chi connectivity index (χ0n) is 15.7. The fraction of sp³-hybridized carbons (Fsp3) is 0.208. The van der Waals surface area contributed by atoms with Gasteiger partial charge in [0.25, 0.3) is 5.91 Å². The van der Waals surface area contributed by atoms with E-state index in [0.717, 1.165) is 41.9 Å². The largest absolute Gasteiger partial charge is 0.351 e. The number of amides is 1. The van der Waals surface area contributed by atoms with E-state index in [4.69, 9.17) is 11.6 Å². The lowest BCUT2D eigenvalue weighted by molar-refractivity contribution is 0.0949. The van der Waals surface area contributed by atoms with Gasteiger partial charge in [-0.25, -0.2) is 0 Å². The highest BCUT2D eigenvalue weighted by atomic mass is 35.5. The van der Waals surface area contributed by atoms with Crippen molar-refractivity contribution in [3.8, 4) is 0 Å². The maximum Gasteiger partial charge on any atom is 0.251 e. The van der Waals surface area contributed by atoms with Crippen LogP contribution in [-0.4, -0.2) is 37.0 Å². The van der Waals surface area contributed by atoms with Crippen molar-refractivity contribution in [2.24, 2.45) is 0 Å². The van der Waals surface area contributed by atoms with Crippen LogP contribution in [0.2, 0.25) is 5.02 Å². The number of carbonyl (C=O) groups is 1. The minimum atomic E-state index is -0.0137. The van der Waals surface area contributed by atoms with Crippen LogP contribution >= 0.6 is 11.6 Å². The van der Waals surface area contributed by atoms with Crippen molar-refractivity contribution in [3.05, 3.63) is 89.0 Å². The van der Waals surface area contributed by atoms with Crippen LogP contribution in [0.1, 0.15) is 22.3 Å². The molecule has 1 heterocycles. The first-order chi connectivity index (χ1) is 13.7. The molecule has 0 atom stereocenters. The highest BCUT2D eigenvalue weighted by Crippen LogP contribution is 2.23. The number of carbonyl (C=O) groups excluding carboxylic acids is 1. The summed E-state index contributed by atoms with van der Waals surface area (Å²) in [6, 6.07) is 22.0. The predicted octanol–water partition coefficient (Wildman–Crippen LogP) is 5.01. The van der Waals surface area contributed by atoms with Gasteiger partial charge < -0.3 is 5.32 Å². The summed E-state index contributed by atoms with van der Waals surface area (Å²) in [5, 5.41) is 6.05. The minimum Gasteiger partial charge on any atom is -0.351 e. The Kier molecular flexibility index (Phi) is 5.75. The van der Waals surface area contributed by atoms with Gasteiger partial charge in [-0.15, -0.1) is 0 Å². The zero-order valence-corrected chi connectivity index (χ0v) is 16.5. The van der Waals surface area contributed by atoms with Crippen LogP contribution in [0.15, 0.2) is 72.8 Å². The number of hydrogen-bond donors (Lipinski definition) is 1. The molecule has 0 unspecified atom stereocenters. The summed E-state index contributed by atoms with van der Waals surface area (Å²) < 4.78 is 0. The number of halogens is 1. The summed E-state index contributed by atoms with van der Waals surface area (Å²) >= 11 is 5.97. The van der Waals surface area contributed by atoms with Crippen molar-refractivity contribution in [1.29, 1.82) is 0 Å². The minimum absolute atomic E-state index is 0.0137. The number of rotatable bonds is 5. The molecule has 28 heavy (non-hydrogen) atoms. The summed E-state index contributed by atoms with van der Waals surface area (Å²) in [5.74, 6) is -0.0137. The molecule has 3 aromatic rings. The van der Waals surface area contributed by atoms with E-state index in [1.807, 2.05) is 48.5 Å². The Morgan fingerprint density at radius 1 is 1.00 bits per heavy atom. The van der Waals surface area contributed by atoms with Crippen molar-refractivity contribution in [2.75, 3.05) is 26.2 Å². The lowest BCUT2D eigenvalue weighted by Crippen LogP contribution is -2.37. The molecule has 0 aromatic heterocycles. The third-order valence-electron chi connectivity index (χ3n) is 5.23. The van der Waals surface area contributed by atoms with Gasteiger partial charge in [0.15, 0.2) is 0 Å². The van der Waals surface area contributed by atoms with Gasteiger partial charge >= 0.3 is 0 Å². The lowest BCUT2D eigenvalue weighted by Gasteiger charge is -2.26. The third kappa shape index (κ3) is 4.44. The monoisotopic (exact) mass is 390 g/mol. The Bertz CT molecular complexity index is 1010. The van der Waals surface area contributed by atoms with Gasteiger partial charge in [-0.3, -0.25) is 9.69 Å². The van der Waals surface area contributed by atoms with E-state index < -0.39 is 0 Å². The number of nitrogens with zero attached hydrogens (tertiary/aromatic N) is 1. The molecule has 0 radical (unpaired) electrons. The number of nitrogens with one attached hydrogen (secondary N) is 1. The molecular weight excluding hydrogens is 368 g/mol. The van der Waals surface area contributed by atoms with Crippen molar-refractivity contribution < 1.29 is 4.79 Å². The molecule has 0 bridgehead atoms. The van der Waals surface area contributed by atoms with Gasteiger partial charge in [0.1, 0.15) is 0 Å². The first-order valence-electron chi connectivity index (χ1n) is 9.63. The standard InChI is InChI=1S/C24H23ClN2O/c25-23-9-7-19(8-10-23)20-11-14-27(15-12-20)16-13-26-24(28)22-6-5-18-3-1-2-4-21(18)17-22/h1-11,17H,12-16H2,(H,26,28). The first-order valence-corrected chi connectivity index (χ1v) is 10.0. The molecule has 1 aliphatic heterocycles. The van der Waals surface area contributed by atoms with Crippen molar-refractivity contribution in [2.45, 2.75) is 6.42 Å². The second-order valence-corrected chi connectivity index (χ2v) is 7.54. The van der Waals surface area contributed by atoms with E-state index in [1.165, 1.54) is 11.1 Å². The third-order valence-corrected chi connectivity index (χ3v) is 5.49. The van der Waals surface area contributed by atoms with Crippen LogP contribution in [0.5, 0.6) is 0 Å². The van der Waals surface area contributed by atoms with Crippen LogP contribution in [-0.2, 0) is 0 Å². The Labute approximate surface area is 170 Å². The van der Waals surface area contributed by atoms with Crippen molar-refractivity contribution in [3.63, 3.8) is 0 Å². The summed E-state index contributed by atoms with van der Waals surface area (Å²) in [7, 11) is 0. The molecule has 0 spiro atoms.